The Morgan fingerprint density at radius 2 is 1.94 bits per heavy atom. The van der Waals surface area contributed by atoms with Crippen molar-refractivity contribution in [3.05, 3.63) is 58.9 Å². The number of nitrogens with one attached hydrogen (secondary N) is 1. The quantitative estimate of drug-likeness (QED) is 0.805. The summed E-state index contributed by atoms with van der Waals surface area (Å²) in [6.45, 7) is 10.1. The van der Waals surface area contributed by atoms with Gasteiger partial charge in [0.1, 0.15) is 0 Å². The summed E-state index contributed by atoms with van der Waals surface area (Å²) in [6.07, 6.45) is 6.74. The van der Waals surface area contributed by atoms with E-state index in [0.717, 1.165) is 39.1 Å². The van der Waals surface area contributed by atoms with Crippen LogP contribution in [-0.4, -0.2) is 67.1 Å². The summed E-state index contributed by atoms with van der Waals surface area (Å²) in [5.41, 5.74) is 7.29. The molecule has 3 heterocycles. The third kappa shape index (κ3) is 4.36. The van der Waals surface area contributed by atoms with Gasteiger partial charge >= 0.3 is 0 Å². The first-order valence-corrected chi connectivity index (χ1v) is 12.2. The first kappa shape index (κ1) is 20.9. The number of pyridine rings is 1. The molecule has 0 bridgehead atoms. The number of hydrogen-bond donors (Lipinski definition) is 1. The largest absolute Gasteiger partial charge is 0.369 e. The average Bonchev–Trinajstić information content (AvgIpc) is 2.83. The first-order chi connectivity index (χ1) is 15.2. The number of piperazine rings is 1. The Morgan fingerprint density at radius 1 is 1.10 bits per heavy atom. The normalized spacial score (nSPS) is 24.2. The van der Waals surface area contributed by atoms with E-state index >= 15 is 0 Å². The zero-order chi connectivity index (χ0) is 21.2. The summed E-state index contributed by atoms with van der Waals surface area (Å²) in [5, 5.41) is 3.83. The summed E-state index contributed by atoms with van der Waals surface area (Å²) >= 11 is 0. The fourth-order valence-electron chi connectivity index (χ4n) is 5.81. The monoisotopic (exact) mass is 419 g/mol. The van der Waals surface area contributed by atoms with Gasteiger partial charge in [0.15, 0.2) is 0 Å². The standard InChI is InChI=1S/C26H37N5/c1-3-30-13-15-31(16-14-30)24-10-5-8-21-18-28-22(17-23(21)24)19-29(2)25-11-4-7-20-9-6-12-27-26(20)25/h5-6,8-10,12,22,25,28H,3-4,7,11,13-19H2,1-2H3/t22-,25?/m1/s1. The van der Waals surface area contributed by atoms with Crippen LogP contribution in [0.3, 0.4) is 0 Å². The fraction of sp³-hybridized carbons (Fsp3) is 0.577. The third-order valence-electron chi connectivity index (χ3n) is 7.65. The van der Waals surface area contributed by atoms with Gasteiger partial charge in [0.2, 0.25) is 0 Å². The van der Waals surface area contributed by atoms with E-state index in [4.69, 9.17) is 4.98 Å². The number of benzene rings is 1. The lowest BCUT2D eigenvalue weighted by Crippen LogP contribution is -2.48. The lowest BCUT2D eigenvalue weighted by atomic mass is 9.89. The fourth-order valence-corrected chi connectivity index (χ4v) is 5.81. The molecule has 2 aliphatic heterocycles. The zero-order valence-corrected chi connectivity index (χ0v) is 19.2. The van der Waals surface area contributed by atoms with Gasteiger partial charge in [-0.05, 0) is 68.1 Å². The van der Waals surface area contributed by atoms with Gasteiger partial charge in [-0.3, -0.25) is 9.88 Å². The molecule has 31 heavy (non-hydrogen) atoms. The van der Waals surface area contributed by atoms with E-state index < -0.39 is 0 Å². The van der Waals surface area contributed by atoms with Gasteiger partial charge in [-0.1, -0.05) is 25.1 Å². The van der Waals surface area contributed by atoms with Crippen molar-refractivity contribution < 1.29 is 0 Å². The molecule has 1 aromatic carbocycles. The number of hydrogen-bond acceptors (Lipinski definition) is 5. The van der Waals surface area contributed by atoms with Crippen LogP contribution in [0.5, 0.6) is 0 Å². The molecule has 3 aliphatic rings. The van der Waals surface area contributed by atoms with E-state index in [1.165, 1.54) is 54.9 Å². The van der Waals surface area contributed by atoms with Crippen LogP contribution in [0, 0.1) is 0 Å². The molecule has 5 heteroatoms. The lowest BCUT2D eigenvalue weighted by Gasteiger charge is -2.39. The van der Waals surface area contributed by atoms with Gasteiger partial charge in [-0.25, -0.2) is 0 Å². The molecule has 2 atom stereocenters. The van der Waals surface area contributed by atoms with Crippen molar-refractivity contribution in [2.75, 3.05) is 51.2 Å². The molecule has 1 aromatic heterocycles. The van der Waals surface area contributed by atoms with E-state index in [2.05, 4.69) is 64.3 Å². The third-order valence-corrected chi connectivity index (χ3v) is 7.65. The Labute approximate surface area is 187 Å². The van der Waals surface area contributed by atoms with Crippen LogP contribution < -0.4 is 10.2 Å². The Bertz CT molecular complexity index is 889. The maximum absolute atomic E-state index is 4.77. The van der Waals surface area contributed by atoms with Crippen molar-refractivity contribution in [1.29, 1.82) is 0 Å². The minimum Gasteiger partial charge on any atom is -0.369 e. The van der Waals surface area contributed by atoms with Crippen molar-refractivity contribution in [2.45, 2.75) is 51.2 Å². The Morgan fingerprint density at radius 3 is 2.77 bits per heavy atom. The molecule has 5 nitrogen and oxygen atoms in total. The lowest BCUT2D eigenvalue weighted by molar-refractivity contribution is 0.191. The smallest absolute Gasteiger partial charge is 0.0607 e. The Balaban J connectivity index is 1.29. The van der Waals surface area contributed by atoms with Crippen molar-refractivity contribution in [2.24, 2.45) is 0 Å². The highest BCUT2D eigenvalue weighted by atomic mass is 15.3. The van der Waals surface area contributed by atoms with E-state index in [0.29, 0.717) is 12.1 Å². The SMILES string of the molecule is CCN1CCN(c2cccc3c2C[C@H](CN(C)C2CCCc4cccnc42)NC3)CC1. The van der Waals surface area contributed by atoms with Crippen LogP contribution in [0.1, 0.15) is 48.2 Å². The summed E-state index contributed by atoms with van der Waals surface area (Å²) < 4.78 is 0. The molecule has 1 N–H and O–H groups in total. The molecular weight excluding hydrogens is 382 g/mol. The van der Waals surface area contributed by atoms with Crippen LogP contribution in [0.4, 0.5) is 5.69 Å². The molecule has 1 unspecified atom stereocenters. The van der Waals surface area contributed by atoms with Crippen LogP contribution in [-0.2, 0) is 19.4 Å². The number of rotatable bonds is 5. The molecule has 5 rings (SSSR count). The number of aryl methyl sites for hydroxylation is 1. The molecule has 0 amide bonds. The van der Waals surface area contributed by atoms with E-state index in [9.17, 15) is 0 Å². The maximum Gasteiger partial charge on any atom is 0.0607 e. The van der Waals surface area contributed by atoms with E-state index in [-0.39, 0.29) is 0 Å². The summed E-state index contributed by atoms with van der Waals surface area (Å²) in [6, 6.07) is 12.2. The second-order valence-corrected chi connectivity index (χ2v) is 9.51. The Kier molecular flexibility index (Phi) is 6.26. The minimum atomic E-state index is 0.450. The molecule has 1 aliphatic carbocycles. The number of nitrogens with zero attached hydrogens (tertiary/aromatic N) is 4. The van der Waals surface area contributed by atoms with E-state index in [1.807, 2.05) is 6.20 Å². The molecule has 0 radical (unpaired) electrons. The topological polar surface area (TPSA) is 34.6 Å². The van der Waals surface area contributed by atoms with Gasteiger partial charge in [-0.15, -0.1) is 0 Å². The molecule has 1 fully saturated rings. The van der Waals surface area contributed by atoms with Crippen molar-refractivity contribution in [3.8, 4) is 0 Å². The van der Waals surface area contributed by atoms with Crippen molar-refractivity contribution >= 4 is 5.69 Å². The van der Waals surface area contributed by atoms with Crippen molar-refractivity contribution in [1.82, 2.24) is 20.1 Å². The second kappa shape index (κ2) is 9.27. The first-order valence-electron chi connectivity index (χ1n) is 12.2. The Hall–Kier alpha value is -1.95. The van der Waals surface area contributed by atoms with Crippen LogP contribution in [0.25, 0.3) is 0 Å². The van der Waals surface area contributed by atoms with Gasteiger partial charge < -0.3 is 15.1 Å². The number of anilines is 1. The minimum absolute atomic E-state index is 0.450. The predicted octanol–water partition coefficient (Wildman–Crippen LogP) is 3.25. The highest BCUT2D eigenvalue weighted by Crippen LogP contribution is 2.33. The zero-order valence-electron chi connectivity index (χ0n) is 19.2. The summed E-state index contributed by atoms with van der Waals surface area (Å²) in [7, 11) is 2.29. The van der Waals surface area contributed by atoms with Crippen molar-refractivity contribution in [3.63, 3.8) is 0 Å². The summed E-state index contributed by atoms with van der Waals surface area (Å²) in [5.74, 6) is 0. The van der Waals surface area contributed by atoms with Crippen LogP contribution >= 0.6 is 0 Å². The van der Waals surface area contributed by atoms with E-state index in [1.54, 1.807) is 5.56 Å². The van der Waals surface area contributed by atoms with Gasteiger partial charge in [0.25, 0.3) is 0 Å². The molecule has 2 aromatic rings. The maximum atomic E-state index is 4.77. The summed E-state index contributed by atoms with van der Waals surface area (Å²) in [4.78, 5) is 12.5. The van der Waals surface area contributed by atoms with Gasteiger partial charge in [0.05, 0.1) is 11.7 Å². The highest BCUT2D eigenvalue weighted by molar-refractivity contribution is 5.58. The number of likely N-dealkylation sites (N-methyl/N-ethyl adjacent to an activating group) is 2. The molecule has 0 spiro atoms. The molecular formula is C26H37N5. The van der Waals surface area contributed by atoms with Gasteiger partial charge in [-0.2, -0.15) is 0 Å². The van der Waals surface area contributed by atoms with Crippen LogP contribution in [0.15, 0.2) is 36.5 Å². The predicted molar refractivity (Wildman–Crippen MR) is 128 cm³/mol. The average molecular weight is 420 g/mol. The van der Waals surface area contributed by atoms with Crippen LogP contribution in [0.2, 0.25) is 0 Å². The number of aromatic nitrogens is 1. The van der Waals surface area contributed by atoms with Gasteiger partial charge in [0, 0.05) is 57.2 Å². The second-order valence-electron chi connectivity index (χ2n) is 9.51. The highest BCUT2D eigenvalue weighted by Gasteiger charge is 2.29. The number of fused-ring (bicyclic) bond motifs is 2. The molecule has 1 saturated heterocycles. The molecule has 0 saturated carbocycles. The molecule has 166 valence electrons.